The second-order valence-corrected chi connectivity index (χ2v) is 5.83. The molecule has 1 fully saturated rings. The van der Waals surface area contributed by atoms with Crippen molar-refractivity contribution in [1.29, 1.82) is 0 Å². The molecule has 1 saturated heterocycles. The van der Waals surface area contributed by atoms with Gasteiger partial charge in [-0.05, 0) is 16.7 Å². The van der Waals surface area contributed by atoms with Crippen LogP contribution in [0.25, 0.3) is 11.1 Å². The fourth-order valence-electron chi connectivity index (χ4n) is 2.85. The van der Waals surface area contributed by atoms with Gasteiger partial charge >= 0.3 is 0 Å². The first-order chi connectivity index (χ1) is 10.9. The Hall–Kier alpha value is -1.68. The van der Waals surface area contributed by atoms with Crippen molar-refractivity contribution in [2.24, 2.45) is 0 Å². The van der Waals surface area contributed by atoms with Gasteiger partial charge in [0.2, 0.25) is 0 Å². The van der Waals surface area contributed by atoms with Gasteiger partial charge in [-0.25, -0.2) is 0 Å². The maximum Gasteiger partial charge on any atom is 0.0206 e. The second kappa shape index (κ2) is 8.08. The summed E-state index contributed by atoms with van der Waals surface area (Å²) in [5, 5.41) is 6.93. The standard InChI is InChI=1S/C19H25N3/c1-2-4-18(5-3-1)19-8-6-17(7-9-19)16-21-12-15-22-13-10-20-11-14-22/h1-9,20-21H,10-16H2. The van der Waals surface area contributed by atoms with Crippen molar-refractivity contribution in [3.63, 3.8) is 0 Å². The minimum Gasteiger partial charge on any atom is -0.314 e. The minimum atomic E-state index is 0.946. The first-order valence-electron chi connectivity index (χ1n) is 8.20. The Kier molecular flexibility index (Phi) is 5.59. The van der Waals surface area contributed by atoms with E-state index in [0.717, 1.165) is 32.7 Å². The summed E-state index contributed by atoms with van der Waals surface area (Å²) in [5.74, 6) is 0. The molecule has 0 atom stereocenters. The van der Waals surface area contributed by atoms with Crippen LogP contribution in [0.15, 0.2) is 54.6 Å². The summed E-state index contributed by atoms with van der Waals surface area (Å²) in [4.78, 5) is 2.52. The normalized spacial score (nSPS) is 15.8. The number of nitrogens with zero attached hydrogens (tertiary/aromatic N) is 1. The lowest BCUT2D eigenvalue weighted by Crippen LogP contribution is -2.45. The summed E-state index contributed by atoms with van der Waals surface area (Å²) in [6.07, 6.45) is 0. The molecule has 2 N–H and O–H groups in total. The molecule has 116 valence electrons. The van der Waals surface area contributed by atoms with Gasteiger partial charge in [-0.3, -0.25) is 4.90 Å². The van der Waals surface area contributed by atoms with E-state index < -0.39 is 0 Å². The summed E-state index contributed by atoms with van der Waals surface area (Å²) < 4.78 is 0. The van der Waals surface area contributed by atoms with Gasteiger partial charge < -0.3 is 10.6 Å². The maximum atomic E-state index is 3.55. The van der Waals surface area contributed by atoms with Gasteiger partial charge in [-0.15, -0.1) is 0 Å². The van der Waals surface area contributed by atoms with E-state index in [1.807, 2.05) is 0 Å². The predicted molar refractivity (Wildman–Crippen MR) is 92.9 cm³/mol. The molecule has 0 aromatic heterocycles. The largest absolute Gasteiger partial charge is 0.314 e. The third kappa shape index (κ3) is 4.41. The number of piperazine rings is 1. The van der Waals surface area contributed by atoms with Crippen molar-refractivity contribution >= 4 is 0 Å². The van der Waals surface area contributed by atoms with Crippen molar-refractivity contribution in [3.05, 3.63) is 60.2 Å². The summed E-state index contributed by atoms with van der Waals surface area (Å²) >= 11 is 0. The van der Waals surface area contributed by atoms with Gasteiger partial charge in [-0.2, -0.15) is 0 Å². The minimum absolute atomic E-state index is 0.946. The molecule has 0 radical (unpaired) electrons. The van der Waals surface area contributed by atoms with Gasteiger partial charge in [0, 0.05) is 45.8 Å². The average molecular weight is 295 g/mol. The van der Waals surface area contributed by atoms with E-state index in [9.17, 15) is 0 Å². The zero-order chi connectivity index (χ0) is 15.0. The smallest absolute Gasteiger partial charge is 0.0206 e. The van der Waals surface area contributed by atoms with Crippen molar-refractivity contribution in [3.8, 4) is 11.1 Å². The Bertz CT molecular complexity index is 545. The highest BCUT2D eigenvalue weighted by atomic mass is 15.2. The molecule has 0 unspecified atom stereocenters. The molecule has 0 aliphatic carbocycles. The van der Waals surface area contributed by atoms with Crippen LogP contribution in [0.4, 0.5) is 0 Å². The molecule has 3 rings (SSSR count). The highest BCUT2D eigenvalue weighted by Gasteiger charge is 2.07. The number of hydrogen-bond donors (Lipinski definition) is 2. The number of nitrogens with one attached hydrogen (secondary N) is 2. The SMILES string of the molecule is c1ccc(-c2ccc(CNCCN3CCNCC3)cc2)cc1. The van der Waals surface area contributed by atoms with Gasteiger partial charge in [0.25, 0.3) is 0 Å². The van der Waals surface area contributed by atoms with Gasteiger partial charge in [0.1, 0.15) is 0 Å². The number of hydrogen-bond acceptors (Lipinski definition) is 3. The molecule has 3 nitrogen and oxygen atoms in total. The Morgan fingerprint density at radius 2 is 1.55 bits per heavy atom. The number of rotatable bonds is 6. The lowest BCUT2D eigenvalue weighted by Gasteiger charge is -2.27. The first-order valence-corrected chi connectivity index (χ1v) is 8.20. The monoisotopic (exact) mass is 295 g/mol. The average Bonchev–Trinajstić information content (AvgIpc) is 2.61. The Morgan fingerprint density at radius 3 is 2.27 bits per heavy atom. The summed E-state index contributed by atoms with van der Waals surface area (Å²) in [6, 6.07) is 19.4. The van der Waals surface area contributed by atoms with Crippen LogP contribution in [0.5, 0.6) is 0 Å². The van der Waals surface area contributed by atoms with Gasteiger partial charge in [0.15, 0.2) is 0 Å². The third-order valence-electron chi connectivity index (χ3n) is 4.20. The van der Waals surface area contributed by atoms with Crippen LogP contribution in [0.3, 0.4) is 0 Å². The second-order valence-electron chi connectivity index (χ2n) is 5.83. The van der Waals surface area contributed by atoms with Crippen LogP contribution in [-0.2, 0) is 6.54 Å². The molecule has 1 heterocycles. The molecule has 1 aliphatic rings. The highest BCUT2D eigenvalue weighted by Crippen LogP contribution is 2.19. The molecular weight excluding hydrogens is 270 g/mol. The van der Waals surface area contributed by atoms with Crippen molar-refractivity contribution < 1.29 is 0 Å². The van der Waals surface area contributed by atoms with Gasteiger partial charge in [-0.1, -0.05) is 54.6 Å². The highest BCUT2D eigenvalue weighted by molar-refractivity contribution is 5.63. The topological polar surface area (TPSA) is 27.3 Å². The van der Waals surface area contributed by atoms with Crippen LogP contribution < -0.4 is 10.6 Å². The van der Waals surface area contributed by atoms with E-state index in [4.69, 9.17) is 0 Å². The summed E-state index contributed by atoms with van der Waals surface area (Å²) in [6.45, 7) is 7.74. The Balaban J connectivity index is 1.43. The van der Waals surface area contributed by atoms with E-state index in [1.165, 1.54) is 29.8 Å². The maximum absolute atomic E-state index is 3.55. The van der Waals surface area contributed by atoms with Crippen molar-refractivity contribution in [2.45, 2.75) is 6.54 Å². The zero-order valence-electron chi connectivity index (χ0n) is 13.1. The van der Waals surface area contributed by atoms with Gasteiger partial charge in [0.05, 0.1) is 0 Å². The zero-order valence-corrected chi connectivity index (χ0v) is 13.1. The van der Waals surface area contributed by atoms with Crippen LogP contribution in [0.2, 0.25) is 0 Å². The first kappa shape index (κ1) is 15.2. The van der Waals surface area contributed by atoms with Crippen molar-refractivity contribution in [1.82, 2.24) is 15.5 Å². The summed E-state index contributed by atoms with van der Waals surface area (Å²) in [5.41, 5.74) is 3.91. The molecule has 0 saturated carbocycles. The van der Waals surface area contributed by atoms with Crippen LogP contribution in [0.1, 0.15) is 5.56 Å². The Morgan fingerprint density at radius 1 is 0.864 bits per heavy atom. The third-order valence-corrected chi connectivity index (χ3v) is 4.20. The summed E-state index contributed by atoms with van der Waals surface area (Å²) in [7, 11) is 0. The number of benzene rings is 2. The van der Waals surface area contributed by atoms with E-state index in [-0.39, 0.29) is 0 Å². The molecule has 0 amide bonds. The lowest BCUT2D eigenvalue weighted by atomic mass is 10.0. The molecule has 3 heteroatoms. The molecule has 22 heavy (non-hydrogen) atoms. The fourth-order valence-corrected chi connectivity index (χ4v) is 2.85. The Labute approximate surface area is 133 Å². The van der Waals surface area contributed by atoms with E-state index in [0.29, 0.717) is 0 Å². The quantitative estimate of drug-likeness (QED) is 0.801. The van der Waals surface area contributed by atoms with E-state index in [2.05, 4.69) is 70.1 Å². The molecule has 2 aromatic carbocycles. The molecule has 1 aliphatic heterocycles. The molecule has 2 aromatic rings. The molecular formula is C19H25N3. The predicted octanol–water partition coefficient (Wildman–Crippen LogP) is 2.35. The van der Waals surface area contributed by atoms with Crippen molar-refractivity contribution in [2.75, 3.05) is 39.3 Å². The lowest BCUT2D eigenvalue weighted by molar-refractivity contribution is 0.241. The van der Waals surface area contributed by atoms with E-state index >= 15 is 0 Å². The fraction of sp³-hybridized carbons (Fsp3) is 0.368. The van der Waals surface area contributed by atoms with E-state index in [1.54, 1.807) is 0 Å². The molecule has 0 spiro atoms. The van der Waals surface area contributed by atoms with Crippen LogP contribution in [0, 0.1) is 0 Å². The van der Waals surface area contributed by atoms with Crippen LogP contribution in [-0.4, -0.2) is 44.2 Å². The van der Waals surface area contributed by atoms with Crippen LogP contribution >= 0.6 is 0 Å². The molecule has 0 bridgehead atoms.